The second-order valence-electron chi connectivity index (χ2n) is 8.78. The maximum Gasteiger partial charge on any atom is 0.262 e. The molecular weight excluding hydrogens is 496 g/mol. The predicted molar refractivity (Wildman–Crippen MR) is 132 cm³/mol. The normalized spacial score (nSPS) is 18.3. The van der Waals surface area contributed by atoms with Crippen LogP contribution in [0, 0.1) is 0 Å². The minimum Gasteiger partial charge on any atom is -0.483 e. The number of hydrogen-bond acceptors (Lipinski definition) is 5. The molecule has 0 fully saturated rings. The summed E-state index contributed by atoms with van der Waals surface area (Å²) in [5.74, 6) is -0.147. The molecule has 34 heavy (non-hydrogen) atoms. The summed E-state index contributed by atoms with van der Waals surface area (Å²) in [6.07, 6.45) is 4.11. The van der Waals surface area contributed by atoms with E-state index in [1.54, 1.807) is 6.07 Å². The number of para-hydroxylation sites is 1. The third-order valence-corrected chi connectivity index (χ3v) is 6.98. The number of rotatable bonds is 5. The quantitative estimate of drug-likeness (QED) is 0.568. The van der Waals surface area contributed by atoms with Crippen molar-refractivity contribution in [3.05, 3.63) is 81.1 Å². The van der Waals surface area contributed by atoms with Crippen molar-refractivity contribution >= 4 is 39.1 Å². The van der Waals surface area contributed by atoms with Crippen molar-refractivity contribution in [3.63, 3.8) is 0 Å². The van der Waals surface area contributed by atoms with Crippen LogP contribution in [0.2, 0.25) is 0 Å². The second-order valence-corrected chi connectivity index (χ2v) is 9.70. The van der Waals surface area contributed by atoms with Crippen molar-refractivity contribution in [1.82, 2.24) is 5.32 Å². The number of allylic oxidation sites excluding steroid dienone is 4. The third kappa shape index (κ3) is 4.44. The van der Waals surface area contributed by atoms with E-state index in [1.807, 2.05) is 42.5 Å². The fourth-order valence-corrected chi connectivity index (χ4v) is 5.41. The van der Waals surface area contributed by atoms with Crippen LogP contribution in [-0.2, 0) is 14.4 Å². The minimum absolute atomic E-state index is 0.0661. The lowest BCUT2D eigenvalue weighted by Gasteiger charge is -2.37. The first-order chi connectivity index (χ1) is 16.5. The number of ether oxygens (including phenoxy) is 1. The van der Waals surface area contributed by atoms with Gasteiger partial charge in [-0.05, 0) is 56.0 Å². The zero-order chi connectivity index (χ0) is 23.7. The highest BCUT2D eigenvalue weighted by Gasteiger charge is 2.41. The lowest BCUT2D eigenvalue weighted by atomic mass is 9.71. The van der Waals surface area contributed by atoms with Gasteiger partial charge in [-0.2, -0.15) is 0 Å². The van der Waals surface area contributed by atoms with Gasteiger partial charge in [-0.15, -0.1) is 0 Å². The summed E-state index contributed by atoms with van der Waals surface area (Å²) in [5.41, 5.74) is 4.59. The second kappa shape index (κ2) is 9.58. The fourth-order valence-electron chi connectivity index (χ4n) is 5.03. The highest BCUT2D eigenvalue weighted by Crippen LogP contribution is 2.48. The number of amides is 1. The molecule has 0 bridgehead atoms. The van der Waals surface area contributed by atoms with E-state index in [9.17, 15) is 14.4 Å². The smallest absolute Gasteiger partial charge is 0.262 e. The molecule has 7 heteroatoms. The van der Waals surface area contributed by atoms with E-state index < -0.39 is 5.92 Å². The number of carbonyl (C=O) groups is 3. The summed E-state index contributed by atoms with van der Waals surface area (Å²) >= 11 is 3.54. The van der Waals surface area contributed by atoms with E-state index in [0.717, 1.165) is 47.1 Å². The average molecular weight is 521 g/mol. The molecule has 0 saturated carbocycles. The van der Waals surface area contributed by atoms with Gasteiger partial charge in [-0.3, -0.25) is 14.4 Å². The molecule has 0 unspecified atom stereocenters. The van der Waals surface area contributed by atoms with Gasteiger partial charge >= 0.3 is 0 Å². The van der Waals surface area contributed by atoms with Crippen LogP contribution in [0.1, 0.15) is 50.0 Å². The van der Waals surface area contributed by atoms with Gasteiger partial charge in [-0.25, -0.2) is 0 Å². The number of Topliss-reactive ketones (excluding diaryl/α,β-unsaturated/α-hetero) is 2. The van der Waals surface area contributed by atoms with Crippen LogP contribution in [-0.4, -0.2) is 24.1 Å². The van der Waals surface area contributed by atoms with Crippen LogP contribution in [0.15, 0.2) is 75.5 Å². The SMILES string of the molecule is O=C(COc1ccc(Br)cc1C1C2=C(CCCC2=O)NC2=C1C(=O)CCC2)Nc1ccccc1. The molecule has 0 spiro atoms. The van der Waals surface area contributed by atoms with Crippen LogP contribution in [0.5, 0.6) is 5.75 Å². The lowest BCUT2D eigenvalue weighted by molar-refractivity contribution is -0.119. The molecule has 0 saturated heterocycles. The van der Waals surface area contributed by atoms with Crippen molar-refractivity contribution in [2.24, 2.45) is 0 Å². The fraction of sp³-hybridized carbons (Fsp3) is 0.296. The van der Waals surface area contributed by atoms with Gasteiger partial charge in [0, 0.05) is 57.0 Å². The van der Waals surface area contributed by atoms with E-state index in [0.29, 0.717) is 35.4 Å². The summed E-state index contributed by atoms with van der Waals surface area (Å²) in [6.45, 7) is -0.186. The Morgan fingerprint density at radius 2 is 1.59 bits per heavy atom. The Morgan fingerprint density at radius 3 is 2.24 bits per heavy atom. The number of halogens is 1. The van der Waals surface area contributed by atoms with E-state index >= 15 is 0 Å². The molecule has 2 aliphatic carbocycles. The molecular formula is C27H25BrN2O4. The Labute approximate surface area is 206 Å². The number of hydrogen-bond donors (Lipinski definition) is 2. The topological polar surface area (TPSA) is 84.5 Å². The standard InChI is InChI=1S/C27H25BrN2O4/c28-16-12-13-23(34-15-24(33)29-17-6-2-1-3-7-17)18(14-16)25-26-19(8-4-10-21(26)31)30-20-9-5-11-22(32)27(20)25/h1-3,6-7,12-14,25,30H,4-5,8-11,15H2,(H,29,33). The van der Waals surface area contributed by atoms with E-state index in [-0.39, 0.29) is 24.1 Å². The largest absolute Gasteiger partial charge is 0.483 e. The summed E-state index contributed by atoms with van der Waals surface area (Å²) in [4.78, 5) is 38.7. The first-order valence-corrected chi connectivity index (χ1v) is 12.4. The summed E-state index contributed by atoms with van der Waals surface area (Å²) in [6, 6.07) is 14.7. The summed E-state index contributed by atoms with van der Waals surface area (Å²) < 4.78 is 6.81. The van der Waals surface area contributed by atoms with Crippen molar-refractivity contribution in [1.29, 1.82) is 0 Å². The predicted octanol–water partition coefficient (Wildman–Crippen LogP) is 5.17. The van der Waals surface area contributed by atoms with Gasteiger partial charge in [0.25, 0.3) is 5.91 Å². The van der Waals surface area contributed by atoms with Gasteiger partial charge < -0.3 is 15.4 Å². The van der Waals surface area contributed by atoms with E-state index in [4.69, 9.17) is 4.74 Å². The maximum absolute atomic E-state index is 13.1. The number of carbonyl (C=O) groups excluding carboxylic acids is 3. The number of nitrogens with one attached hydrogen (secondary N) is 2. The van der Waals surface area contributed by atoms with Crippen molar-refractivity contribution in [2.75, 3.05) is 11.9 Å². The van der Waals surface area contributed by atoms with Crippen LogP contribution in [0.4, 0.5) is 5.69 Å². The molecule has 3 aliphatic rings. The Kier molecular flexibility index (Phi) is 6.37. The molecule has 1 heterocycles. The monoisotopic (exact) mass is 520 g/mol. The molecule has 6 nitrogen and oxygen atoms in total. The Balaban J connectivity index is 1.50. The summed E-state index contributed by atoms with van der Waals surface area (Å²) in [5, 5.41) is 6.25. The first kappa shape index (κ1) is 22.6. The highest BCUT2D eigenvalue weighted by atomic mass is 79.9. The van der Waals surface area contributed by atoms with Crippen LogP contribution >= 0.6 is 15.9 Å². The van der Waals surface area contributed by atoms with Gasteiger partial charge in [0.15, 0.2) is 18.2 Å². The lowest BCUT2D eigenvalue weighted by Crippen LogP contribution is -2.36. The molecule has 1 aliphatic heterocycles. The Hall–Kier alpha value is -3.19. The van der Waals surface area contributed by atoms with E-state index in [1.165, 1.54) is 0 Å². The Bertz CT molecular complexity index is 1190. The average Bonchev–Trinajstić information content (AvgIpc) is 2.83. The van der Waals surface area contributed by atoms with Crippen molar-refractivity contribution in [3.8, 4) is 5.75 Å². The molecule has 1 amide bonds. The van der Waals surface area contributed by atoms with Gasteiger partial charge in [-0.1, -0.05) is 34.1 Å². The molecule has 0 atom stereocenters. The third-order valence-electron chi connectivity index (χ3n) is 6.49. The number of ketones is 2. The maximum atomic E-state index is 13.1. The minimum atomic E-state index is -0.489. The molecule has 2 aromatic carbocycles. The molecule has 2 aromatic rings. The zero-order valence-electron chi connectivity index (χ0n) is 18.7. The van der Waals surface area contributed by atoms with Crippen molar-refractivity contribution < 1.29 is 19.1 Å². The zero-order valence-corrected chi connectivity index (χ0v) is 20.2. The van der Waals surface area contributed by atoms with Crippen molar-refractivity contribution in [2.45, 2.75) is 44.4 Å². The molecule has 0 aromatic heterocycles. The molecule has 174 valence electrons. The molecule has 2 N–H and O–H groups in total. The van der Waals surface area contributed by atoms with Crippen LogP contribution < -0.4 is 15.4 Å². The number of dihydropyridines is 1. The van der Waals surface area contributed by atoms with Crippen LogP contribution in [0.25, 0.3) is 0 Å². The van der Waals surface area contributed by atoms with E-state index in [2.05, 4.69) is 26.6 Å². The first-order valence-electron chi connectivity index (χ1n) is 11.6. The van der Waals surface area contributed by atoms with Gasteiger partial charge in [0.2, 0.25) is 0 Å². The Morgan fingerprint density at radius 1 is 0.941 bits per heavy atom. The highest BCUT2D eigenvalue weighted by molar-refractivity contribution is 9.10. The number of benzene rings is 2. The van der Waals surface area contributed by atoms with Gasteiger partial charge in [0.05, 0.1) is 0 Å². The van der Waals surface area contributed by atoms with Crippen LogP contribution in [0.3, 0.4) is 0 Å². The van der Waals surface area contributed by atoms with Gasteiger partial charge in [0.1, 0.15) is 5.75 Å². The number of anilines is 1. The molecule has 5 rings (SSSR count). The summed E-state index contributed by atoms with van der Waals surface area (Å²) in [7, 11) is 0. The molecule has 0 radical (unpaired) electrons.